The summed E-state index contributed by atoms with van der Waals surface area (Å²) in [7, 11) is -3.66. The zero-order valence-electron chi connectivity index (χ0n) is 16.0. The summed E-state index contributed by atoms with van der Waals surface area (Å²) >= 11 is 6.11. The number of hydrogen-bond donors (Lipinski definition) is 1. The summed E-state index contributed by atoms with van der Waals surface area (Å²) < 4.78 is 27.4. The minimum atomic E-state index is -3.66. The number of amides is 1. The molecule has 1 amide bonds. The summed E-state index contributed by atoms with van der Waals surface area (Å²) in [5.74, 6) is -0.409. The van der Waals surface area contributed by atoms with E-state index in [1.165, 1.54) is 0 Å². The fraction of sp³-hybridized carbons (Fsp3) is 0.200. The minimum absolute atomic E-state index is 0.287. The van der Waals surface area contributed by atoms with Crippen LogP contribution >= 0.6 is 11.6 Å². The van der Waals surface area contributed by atoms with Crippen LogP contribution in [-0.2, 0) is 21.4 Å². The van der Waals surface area contributed by atoms with Crippen LogP contribution < -0.4 is 9.62 Å². The molecule has 0 aliphatic carbocycles. The lowest BCUT2D eigenvalue weighted by Gasteiger charge is -2.24. The first-order chi connectivity index (χ1) is 13.8. The number of imidazole rings is 1. The Bertz CT molecular complexity index is 1100. The standard InChI is InChI=1S/C20H21ClN4O3S/c1-15-18(21)4-3-5-19(15)25(29(2,27)28)13-20(26)23-12-16-6-8-17(9-7-16)24-11-10-22-14-24/h3-11,14H,12-13H2,1-2H3,(H,23,26). The summed E-state index contributed by atoms with van der Waals surface area (Å²) in [5, 5.41) is 3.20. The van der Waals surface area contributed by atoms with E-state index in [4.69, 9.17) is 11.6 Å². The molecule has 0 radical (unpaired) electrons. The molecular formula is C20H21ClN4O3S. The van der Waals surface area contributed by atoms with E-state index in [1.54, 1.807) is 37.6 Å². The van der Waals surface area contributed by atoms with Gasteiger partial charge in [0.05, 0.1) is 18.3 Å². The second kappa shape index (κ2) is 8.67. The smallest absolute Gasteiger partial charge is 0.241 e. The molecular weight excluding hydrogens is 412 g/mol. The Labute approximate surface area is 175 Å². The first-order valence-corrected chi connectivity index (χ1v) is 11.0. The second-order valence-corrected chi connectivity index (χ2v) is 8.88. The molecule has 0 saturated carbocycles. The molecule has 2 aromatic carbocycles. The van der Waals surface area contributed by atoms with Crippen LogP contribution in [0, 0.1) is 6.92 Å². The number of rotatable bonds is 7. The summed E-state index contributed by atoms with van der Waals surface area (Å²) in [6.45, 7) is 1.68. The zero-order valence-corrected chi connectivity index (χ0v) is 17.6. The van der Waals surface area contributed by atoms with Gasteiger partial charge in [0.1, 0.15) is 6.54 Å². The number of sulfonamides is 1. The third kappa shape index (κ3) is 5.16. The molecule has 1 heterocycles. The largest absolute Gasteiger partial charge is 0.350 e. The highest BCUT2D eigenvalue weighted by atomic mass is 35.5. The van der Waals surface area contributed by atoms with Crippen molar-refractivity contribution in [3.8, 4) is 5.69 Å². The molecule has 0 bridgehead atoms. The normalized spacial score (nSPS) is 11.3. The average Bonchev–Trinajstić information content (AvgIpc) is 3.21. The van der Waals surface area contributed by atoms with E-state index >= 15 is 0 Å². The van der Waals surface area contributed by atoms with Crippen molar-refractivity contribution >= 4 is 33.2 Å². The molecule has 0 aliphatic rings. The van der Waals surface area contributed by atoms with Gasteiger partial charge in [0.2, 0.25) is 15.9 Å². The van der Waals surface area contributed by atoms with E-state index in [1.807, 2.05) is 35.0 Å². The average molecular weight is 433 g/mol. The number of nitrogens with zero attached hydrogens (tertiary/aromatic N) is 3. The number of carbonyl (C=O) groups is 1. The fourth-order valence-electron chi connectivity index (χ4n) is 2.83. The molecule has 0 aliphatic heterocycles. The lowest BCUT2D eigenvalue weighted by molar-refractivity contribution is -0.119. The van der Waals surface area contributed by atoms with Gasteiger partial charge in [0.25, 0.3) is 0 Å². The molecule has 29 heavy (non-hydrogen) atoms. The summed E-state index contributed by atoms with van der Waals surface area (Å²) in [6.07, 6.45) is 6.31. The number of hydrogen-bond acceptors (Lipinski definition) is 4. The van der Waals surface area contributed by atoms with Gasteiger partial charge >= 0.3 is 0 Å². The molecule has 0 unspecified atom stereocenters. The van der Waals surface area contributed by atoms with Crippen LogP contribution in [0.1, 0.15) is 11.1 Å². The first kappa shape index (κ1) is 20.9. The number of halogens is 1. The summed E-state index contributed by atoms with van der Waals surface area (Å²) in [6, 6.07) is 12.6. The Hall–Kier alpha value is -2.84. The van der Waals surface area contributed by atoms with Crippen molar-refractivity contribution in [2.45, 2.75) is 13.5 Å². The molecule has 1 aromatic heterocycles. The van der Waals surface area contributed by atoms with Crippen LogP contribution in [0.5, 0.6) is 0 Å². The van der Waals surface area contributed by atoms with Crippen molar-refractivity contribution in [2.24, 2.45) is 0 Å². The van der Waals surface area contributed by atoms with Gasteiger partial charge in [-0.1, -0.05) is 29.8 Å². The number of anilines is 1. The van der Waals surface area contributed by atoms with Gasteiger partial charge in [0, 0.05) is 29.6 Å². The molecule has 0 atom stereocenters. The molecule has 9 heteroatoms. The van der Waals surface area contributed by atoms with E-state index in [0.29, 0.717) is 16.3 Å². The molecule has 3 aromatic rings. The van der Waals surface area contributed by atoms with Crippen molar-refractivity contribution < 1.29 is 13.2 Å². The molecule has 3 rings (SSSR count). The van der Waals surface area contributed by atoms with Crippen molar-refractivity contribution in [3.05, 3.63) is 77.3 Å². The highest BCUT2D eigenvalue weighted by Crippen LogP contribution is 2.28. The Morgan fingerprint density at radius 2 is 1.93 bits per heavy atom. The molecule has 0 saturated heterocycles. The Kier molecular flexibility index (Phi) is 6.24. The predicted octanol–water partition coefficient (Wildman–Crippen LogP) is 2.92. The van der Waals surface area contributed by atoms with Gasteiger partial charge in [-0.2, -0.15) is 0 Å². The SMILES string of the molecule is Cc1c(Cl)cccc1N(CC(=O)NCc1ccc(-n2ccnc2)cc1)S(C)(=O)=O. The summed E-state index contributed by atoms with van der Waals surface area (Å²) in [4.78, 5) is 16.4. The van der Waals surface area contributed by atoms with Crippen molar-refractivity contribution in [3.63, 3.8) is 0 Å². The maximum atomic E-state index is 12.4. The van der Waals surface area contributed by atoms with Crippen LogP contribution in [0.2, 0.25) is 5.02 Å². The van der Waals surface area contributed by atoms with Gasteiger partial charge < -0.3 is 9.88 Å². The highest BCUT2D eigenvalue weighted by Gasteiger charge is 2.23. The van der Waals surface area contributed by atoms with Gasteiger partial charge in [-0.05, 0) is 42.3 Å². The van der Waals surface area contributed by atoms with Gasteiger partial charge in [-0.3, -0.25) is 9.10 Å². The third-order valence-corrected chi connectivity index (χ3v) is 5.96. The minimum Gasteiger partial charge on any atom is -0.350 e. The predicted molar refractivity (Wildman–Crippen MR) is 114 cm³/mol. The lowest BCUT2D eigenvalue weighted by atomic mass is 10.2. The van der Waals surface area contributed by atoms with E-state index < -0.39 is 15.9 Å². The van der Waals surface area contributed by atoms with E-state index in [0.717, 1.165) is 21.8 Å². The van der Waals surface area contributed by atoms with E-state index in [9.17, 15) is 13.2 Å². The molecule has 0 fully saturated rings. The van der Waals surface area contributed by atoms with Gasteiger partial charge in [0.15, 0.2) is 0 Å². The Morgan fingerprint density at radius 3 is 2.55 bits per heavy atom. The monoisotopic (exact) mass is 432 g/mol. The quantitative estimate of drug-likeness (QED) is 0.622. The molecule has 0 spiro atoms. The van der Waals surface area contributed by atoms with Crippen LogP contribution in [-0.4, -0.2) is 36.7 Å². The number of carbonyl (C=O) groups excluding carboxylic acids is 1. The summed E-state index contributed by atoms with van der Waals surface area (Å²) in [5.41, 5.74) is 2.84. The highest BCUT2D eigenvalue weighted by molar-refractivity contribution is 7.92. The van der Waals surface area contributed by atoms with Crippen molar-refractivity contribution in [2.75, 3.05) is 17.1 Å². The maximum Gasteiger partial charge on any atom is 0.241 e. The fourth-order valence-corrected chi connectivity index (χ4v) is 3.91. The maximum absolute atomic E-state index is 12.4. The van der Waals surface area contributed by atoms with Crippen LogP contribution in [0.3, 0.4) is 0 Å². The first-order valence-electron chi connectivity index (χ1n) is 8.82. The Balaban J connectivity index is 1.67. The molecule has 7 nitrogen and oxygen atoms in total. The van der Waals surface area contributed by atoms with Gasteiger partial charge in [-0.25, -0.2) is 13.4 Å². The lowest BCUT2D eigenvalue weighted by Crippen LogP contribution is -2.40. The van der Waals surface area contributed by atoms with Crippen LogP contribution in [0.15, 0.2) is 61.2 Å². The topological polar surface area (TPSA) is 84.3 Å². The Morgan fingerprint density at radius 1 is 1.21 bits per heavy atom. The second-order valence-electron chi connectivity index (χ2n) is 6.57. The number of benzene rings is 2. The number of nitrogens with one attached hydrogen (secondary N) is 1. The van der Waals surface area contributed by atoms with Gasteiger partial charge in [-0.15, -0.1) is 0 Å². The van der Waals surface area contributed by atoms with E-state index in [2.05, 4.69) is 10.3 Å². The van der Waals surface area contributed by atoms with Crippen molar-refractivity contribution in [1.82, 2.24) is 14.9 Å². The van der Waals surface area contributed by atoms with E-state index in [-0.39, 0.29) is 13.1 Å². The third-order valence-electron chi connectivity index (χ3n) is 4.42. The number of aromatic nitrogens is 2. The van der Waals surface area contributed by atoms with Crippen LogP contribution in [0.4, 0.5) is 5.69 Å². The molecule has 152 valence electrons. The molecule has 1 N–H and O–H groups in total. The van der Waals surface area contributed by atoms with Crippen molar-refractivity contribution in [1.29, 1.82) is 0 Å². The van der Waals surface area contributed by atoms with Crippen LogP contribution in [0.25, 0.3) is 5.69 Å². The zero-order chi connectivity index (χ0) is 21.0.